The Labute approximate surface area is 176 Å². The maximum absolute atomic E-state index is 13.2. The third kappa shape index (κ3) is 3.32. The minimum atomic E-state index is -3.48. The van der Waals surface area contributed by atoms with Gasteiger partial charge in [0.2, 0.25) is 10.0 Å². The van der Waals surface area contributed by atoms with Gasteiger partial charge in [0.1, 0.15) is 12.4 Å². The number of nitrogens with zero attached hydrogens (tertiary/aromatic N) is 2. The molecule has 1 fully saturated rings. The maximum Gasteiger partial charge on any atom is 0.257 e. The molecule has 6 nitrogen and oxygen atoms in total. The normalized spacial score (nSPS) is 18.9. The lowest BCUT2D eigenvalue weighted by Gasteiger charge is -2.26. The highest BCUT2D eigenvalue weighted by Gasteiger charge is 2.31. The summed E-state index contributed by atoms with van der Waals surface area (Å²) in [6.07, 6.45) is 5.43. The molecule has 7 heteroatoms. The van der Waals surface area contributed by atoms with Crippen LogP contribution in [0.25, 0.3) is 6.08 Å². The summed E-state index contributed by atoms with van der Waals surface area (Å²) >= 11 is 0. The summed E-state index contributed by atoms with van der Waals surface area (Å²) in [7, 11) is -3.48. The summed E-state index contributed by atoms with van der Waals surface area (Å²) in [6.45, 7) is 1.95. The van der Waals surface area contributed by atoms with E-state index in [1.54, 1.807) is 27.4 Å². The molecule has 1 amide bonds. The SMILES string of the molecule is O=C(C1=Cc2ccccc2OC1)N1CCc2cc(S(=O)(=O)N3CCCCC3)ccc21. The van der Waals surface area contributed by atoms with Crippen molar-refractivity contribution in [2.75, 3.05) is 31.1 Å². The Hall–Kier alpha value is -2.64. The zero-order valence-electron chi connectivity index (χ0n) is 16.7. The molecule has 0 unspecified atom stereocenters. The van der Waals surface area contributed by atoms with Crippen LogP contribution in [0.2, 0.25) is 0 Å². The number of carbonyl (C=O) groups is 1. The number of ether oxygens (including phenoxy) is 1. The van der Waals surface area contributed by atoms with Crippen molar-refractivity contribution in [1.82, 2.24) is 4.31 Å². The highest BCUT2D eigenvalue weighted by Crippen LogP contribution is 2.34. The van der Waals surface area contributed by atoms with Gasteiger partial charge in [-0.1, -0.05) is 24.6 Å². The van der Waals surface area contributed by atoms with Crippen LogP contribution in [0.4, 0.5) is 5.69 Å². The zero-order chi connectivity index (χ0) is 20.7. The fourth-order valence-electron chi connectivity index (χ4n) is 4.42. The lowest BCUT2D eigenvalue weighted by molar-refractivity contribution is -0.115. The molecular formula is C23H24N2O4S. The topological polar surface area (TPSA) is 66.9 Å². The van der Waals surface area contributed by atoms with E-state index in [0.717, 1.165) is 41.8 Å². The molecule has 2 aromatic carbocycles. The Kier molecular flexibility index (Phi) is 4.87. The quantitative estimate of drug-likeness (QED) is 0.759. The van der Waals surface area contributed by atoms with Gasteiger partial charge >= 0.3 is 0 Å². The summed E-state index contributed by atoms with van der Waals surface area (Å²) in [5.74, 6) is 0.693. The van der Waals surface area contributed by atoms with Crippen LogP contribution in [0.3, 0.4) is 0 Å². The molecule has 3 aliphatic rings. The molecule has 2 aromatic rings. The van der Waals surface area contributed by atoms with Gasteiger partial charge in [0, 0.05) is 30.9 Å². The van der Waals surface area contributed by atoms with Gasteiger partial charge in [-0.3, -0.25) is 4.79 Å². The fraction of sp³-hybridized carbons (Fsp3) is 0.348. The Bertz CT molecular complexity index is 1130. The number of sulfonamides is 1. The molecule has 0 radical (unpaired) electrons. The predicted octanol–water partition coefficient (Wildman–Crippen LogP) is 3.23. The Morgan fingerprint density at radius 2 is 1.77 bits per heavy atom. The summed E-state index contributed by atoms with van der Waals surface area (Å²) in [5.41, 5.74) is 3.19. The van der Waals surface area contributed by atoms with Gasteiger partial charge in [0.25, 0.3) is 5.91 Å². The summed E-state index contributed by atoms with van der Waals surface area (Å²) < 4.78 is 33.3. The first-order valence-corrected chi connectivity index (χ1v) is 11.9. The van der Waals surface area contributed by atoms with Crippen LogP contribution in [0.15, 0.2) is 52.9 Å². The Balaban J connectivity index is 1.40. The van der Waals surface area contributed by atoms with E-state index in [-0.39, 0.29) is 12.5 Å². The van der Waals surface area contributed by atoms with Crippen molar-refractivity contribution in [2.24, 2.45) is 0 Å². The Morgan fingerprint density at radius 1 is 0.967 bits per heavy atom. The van der Waals surface area contributed by atoms with E-state index in [9.17, 15) is 13.2 Å². The number of carbonyl (C=O) groups excluding carboxylic acids is 1. The molecule has 0 bridgehead atoms. The second-order valence-electron chi connectivity index (χ2n) is 7.96. The van der Waals surface area contributed by atoms with Crippen LogP contribution in [0.1, 0.15) is 30.4 Å². The maximum atomic E-state index is 13.2. The van der Waals surface area contributed by atoms with Crippen LogP contribution >= 0.6 is 0 Å². The second kappa shape index (κ2) is 7.56. The molecule has 0 atom stereocenters. The van der Waals surface area contributed by atoms with Crippen molar-refractivity contribution in [3.63, 3.8) is 0 Å². The van der Waals surface area contributed by atoms with Crippen LogP contribution < -0.4 is 9.64 Å². The number of hydrogen-bond acceptors (Lipinski definition) is 4. The largest absolute Gasteiger partial charge is 0.488 e. The van der Waals surface area contributed by atoms with E-state index in [1.165, 1.54) is 0 Å². The minimum Gasteiger partial charge on any atom is -0.488 e. The van der Waals surface area contributed by atoms with Crippen molar-refractivity contribution in [3.05, 3.63) is 59.2 Å². The van der Waals surface area contributed by atoms with Gasteiger partial charge in [-0.25, -0.2) is 8.42 Å². The van der Waals surface area contributed by atoms with Gasteiger partial charge in [-0.2, -0.15) is 4.31 Å². The van der Waals surface area contributed by atoms with E-state index in [1.807, 2.05) is 30.3 Å². The van der Waals surface area contributed by atoms with Gasteiger partial charge in [0.05, 0.1) is 10.5 Å². The van der Waals surface area contributed by atoms with E-state index in [0.29, 0.717) is 36.5 Å². The molecule has 0 aliphatic carbocycles. The lowest BCUT2D eigenvalue weighted by atomic mass is 10.1. The van der Waals surface area contributed by atoms with E-state index in [2.05, 4.69) is 0 Å². The van der Waals surface area contributed by atoms with Crippen LogP contribution in [-0.4, -0.2) is 44.9 Å². The van der Waals surface area contributed by atoms with E-state index >= 15 is 0 Å². The van der Waals surface area contributed by atoms with Gasteiger partial charge in [-0.15, -0.1) is 0 Å². The highest BCUT2D eigenvalue weighted by atomic mass is 32.2. The fourth-order valence-corrected chi connectivity index (χ4v) is 5.99. The summed E-state index contributed by atoms with van der Waals surface area (Å²) in [6, 6.07) is 12.8. The first kappa shape index (κ1) is 19.3. The third-order valence-corrected chi connectivity index (χ3v) is 7.95. The Morgan fingerprint density at radius 3 is 2.60 bits per heavy atom. The number of benzene rings is 2. The van der Waals surface area contributed by atoms with Crippen LogP contribution in [0.5, 0.6) is 5.75 Å². The minimum absolute atomic E-state index is 0.0881. The van der Waals surface area contributed by atoms with Crippen molar-refractivity contribution in [3.8, 4) is 5.75 Å². The van der Waals surface area contributed by atoms with Gasteiger partial charge in [-0.05, 0) is 55.2 Å². The molecule has 0 spiro atoms. The highest BCUT2D eigenvalue weighted by molar-refractivity contribution is 7.89. The number of anilines is 1. The predicted molar refractivity (Wildman–Crippen MR) is 115 cm³/mol. The molecule has 0 aromatic heterocycles. The third-order valence-electron chi connectivity index (χ3n) is 6.05. The standard InChI is InChI=1S/C23H24N2O4S/c26-23(19-14-18-6-2-3-7-22(18)29-16-19)25-13-10-17-15-20(8-9-21(17)25)30(27,28)24-11-4-1-5-12-24/h2-3,6-9,14-15H,1,4-5,10-13,16H2. The number of hydrogen-bond donors (Lipinski definition) is 0. The van der Waals surface area contributed by atoms with Gasteiger partial charge in [0.15, 0.2) is 0 Å². The smallest absolute Gasteiger partial charge is 0.257 e. The molecule has 0 saturated carbocycles. The first-order chi connectivity index (χ1) is 14.5. The summed E-state index contributed by atoms with van der Waals surface area (Å²) in [5, 5.41) is 0. The van der Waals surface area contributed by atoms with Crippen molar-refractivity contribution >= 4 is 27.7 Å². The van der Waals surface area contributed by atoms with Crippen molar-refractivity contribution < 1.29 is 17.9 Å². The first-order valence-electron chi connectivity index (χ1n) is 10.4. The number of amides is 1. The number of rotatable bonds is 3. The monoisotopic (exact) mass is 424 g/mol. The molecule has 1 saturated heterocycles. The zero-order valence-corrected chi connectivity index (χ0v) is 17.5. The molecule has 3 aliphatic heterocycles. The average molecular weight is 425 g/mol. The molecule has 156 valence electrons. The molecule has 3 heterocycles. The summed E-state index contributed by atoms with van der Waals surface area (Å²) in [4.78, 5) is 15.2. The van der Waals surface area contributed by atoms with Crippen LogP contribution in [-0.2, 0) is 21.2 Å². The number of para-hydroxylation sites is 1. The van der Waals surface area contributed by atoms with Gasteiger partial charge < -0.3 is 9.64 Å². The lowest BCUT2D eigenvalue weighted by Crippen LogP contribution is -2.35. The van der Waals surface area contributed by atoms with E-state index in [4.69, 9.17) is 4.74 Å². The average Bonchev–Trinajstić information content (AvgIpc) is 3.22. The number of piperidine rings is 1. The van der Waals surface area contributed by atoms with E-state index < -0.39 is 10.0 Å². The molecular weight excluding hydrogens is 400 g/mol. The van der Waals surface area contributed by atoms with Crippen molar-refractivity contribution in [1.29, 1.82) is 0 Å². The van der Waals surface area contributed by atoms with Crippen LogP contribution in [0, 0.1) is 0 Å². The van der Waals surface area contributed by atoms with Crippen molar-refractivity contribution in [2.45, 2.75) is 30.6 Å². The number of fused-ring (bicyclic) bond motifs is 2. The second-order valence-corrected chi connectivity index (χ2v) is 9.90. The molecule has 0 N–H and O–H groups in total. The molecule has 5 rings (SSSR count). The molecule has 30 heavy (non-hydrogen) atoms.